The van der Waals surface area contributed by atoms with Gasteiger partial charge < -0.3 is 19.7 Å². The van der Waals surface area contributed by atoms with Crippen molar-refractivity contribution < 1.29 is 19.1 Å². The molecule has 1 aromatic carbocycles. The van der Waals surface area contributed by atoms with Crippen LogP contribution < -0.4 is 5.32 Å². The summed E-state index contributed by atoms with van der Waals surface area (Å²) in [4.78, 5) is 28.2. The minimum absolute atomic E-state index is 0.0592. The lowest BCUT2D eigenvalue weighted by Crippen LogP contribution is -2.57. The van der Waals surface area contributed by atoms with Gasteiger partial charge in [0.25, 0.3) is 0 Å². The van der Waals surface area contributed by atoms with Gasteiger partial charge in [0.1, 0.15) is 5.60 Å². The summed E-state index contributed by atoms with van der Waals surface area (Å²) in [5.74, 6) is 0.588. The van der Waals surface area contributed by atoms with Crippen molar-refractivity contribution in [2.45, 2.75) is 69.3 Å². The summed E-state index contributed by atoms with van der Waals surface area (Å²) < 4.78 is 11.8. The largest absolute Gasteiger partial charge is 0.458 e. The summed E-state index contributed by atoms with van der Waals surface area (Å²) in [5, 5.41) is 3.32. The van der Waals surface area contributed by atoms with Crippen molar-refractivity contribution in [2.75, 3.05) is 39.4 Å². The van der Waals surface area contributed by atoms with Gasteiger partial charge in [-0.3, -0.25) is 9.59 Å². The van der Waals surface area contributed by atoms with Gasteiger partial charge in [-0.05, 0) is 50.6 Å². The van der Waals surface area contributed by atoms with Crippen LogP contribution in [0.4, 0.5) is 0 Å². The Labute approximate surface area is 210 Å². The van der Waals surface area contributed by atoms with Crippen LogP contribution in [0, 0.1) is 11.8 Å². The first-order valence-corrected chi connectivity index (χ1v) is 13.5. The van der Waals surface area contributed by atoms with E-state index >= 15 is 0 Å². The molecule has 3 atom stereocenters. The normalized spacial score (nSPS) is 28.4. The van der Waals surface area contributed by atoms with Gasteiger partial charge in [-0.25, -0.2) is 0 Å². The van der Waals surface area contributed by atoms with Crippen LogP contribution in [0.25, 0.3) is 0 Å². The molecule has 2 saturated carbocycles. The number of hydrogen-bond acceptors (Lipinski definition) is 5. The van der Waals surface area contributed by atoms with Crippen LogP contribution in [0.3, 0.4) is 0 Å². The maximum Gasteiger partial charge on any atom is 0.317 e. The van der Waals surface area contributed by atoms with Gasteiger partial charge >= 0.3 is 5.97 Å². The van der Waals surface area contributed by atoms with Gasteiger partial charge in [-0.15, -0.1) is 6.58 Å². The van der Waals surface area contributed by atoms with Gasteiger partial charge in [-0.2, -0.15) is 0 Å². The Morgan fingerprint density at radius 1 is 1.14 bits per heavy atom. The monoisotopic (exact) mass is 482 g/mol. The quantitative estimate of drug-likeness (QED) is 0.247. The maximum absolute atomic E-state index is 13.9. The maximum atomic E-state index is 13.9. The SMILES string of the molecule is C=CC1C[C@](C)(OC(=O)C2(c3ccccc3)CCCCCC2)C1CCNCC(=O)N1CCOCC1. The van der Waals surface area contributed by atoms with Crippen LogP contribution in [-0.4, -0.2) is 61.8 Å². The molecule has 3 fully saturated rings. The molecule has 1 amide bonds. The molecule has 0 radical (unpaired) electrons. The Hall–Kier alpha value is -2.18. The summed E-state index contributed by atoms with van der Waals surface area (Å²) >= 11 is 0. The van der Waals surface area contributed by atoms with Gasteiger partial charge in [0, 0.05) is 19.0 Å². The van der Waals surface area contributed by atoms with E-state index in [-0.39, 0.29) is 17.8 Å². The van der Waals surface area contributed by atoms with Gasteiger partial charge in [0.2, 0.25) is 5.91 Å². The van der Waals surface area contributed by atoms with Crippen molar-refractivity contribution in [2.24, 2.45) is 11.8 Å². The van der Waals surface area contributed by atoms with Crippen LogP contribution in [0.1, 0.15) is 63.9 Å². The number of benzene rings is 1. The fourth-order valence-electron chi connectivity index (χ4n) is 6.33. The van der Waals surface area contributed by atoms with E-state index in [9.17, 15) is 9.59 Å². The molecule has 6 nitrogen and oxygen atoms in total. The molecule has 192 valence electrons. The van der Waals surface area contributed by atoms with E-state index in [1.807, 2.05) is 29.2 Å². The average Bonchev–Trinajstić information content (AvgIpc) is 3.15. The first-order valence-electron chi connectivity index (χ1n) is 13.5. The zero-order chi connectivity index (χ0) is 24.7. The van der Waals surface area contributed by atoms with Gasteiger partial charge in [0.05, 0.1) is 25.2 Å². The lowest BCUT2D eigenvalue weighted by atomic mass is 9.60. The molecule has 1 saturated heterocycles. The highest BCUT2D eigenvalue weighted by molar-refractivity contribution is 5.84. The zero-order valence-corrected chi connectivity index (χ0v) is 21.3. The fourth-order valence-corrected chi connectivity index (χ4v) is 6.33. The van der Waals surface area contributed by atoms with Crippen LogP contribution in [0.5, 0.6) is 0 Å². The van der Waals surface area contributed by atoms with E-state index in [1.165, 1.54) is 12.8 Å². The number of esters is 1. The Kier molecular flexibility index (Phi) is 8.66. The first kappa shape index (κ1) is 25.9. The summed E-state index contributed by atoms with van der Waals surface area (Å²) in [7, 11) is 0. The molecule has 2 unspecified atom stereocenters. The lowest BCUT2D eigenvalue weighted by Gasteiger charge is -2.52. The molecule has 0 bridgehead atoms. The van der Waals surface area contributed by atoms with Crippen LogP contribution in [-0.2, 0) is 24.5 Å². The molecule has 1 N–H and O–H groups in total. The van der Waals surface area contributed by atoms with Crippen molar-refractivity contribution in [3.05, 3.63) is 48.6 Å². The molecule has 1 heterocycles. The lowest BCUT2D eigenvalue weighted by molar-refractivity contribution is -0.194. The predicted octanol–water partition coefficient (Wildman–Crippen LogP) is 4.24. The Balaban J connectivity index is 1.37. The minimum Gasteiger partial charge on any atom is -0.458 e. The van der Waals surface area contributed by atoms with Crippen molar-refractivity contribution in [3.8, 4) is 0 Å². The smallest absolute Gasteiger partial charge is 0.317 e. The predicted molar refractivity (Wildman–Crippen MR) is 137 cm³/mol. The van der Waals surface area contributed by atoms with E-state index in [1.54, 1.807) is 0 Å². The molecule has 0 aromatic heterocycles. The molecule has 4 rings (SSSR count). The number of allylic oxidation sites excluding steroid dienone is 1. The second-order valence-corrected chi connectivity index (χ2v) is 10.7. The number of amides is 1. The molecule has 35 heavy (non-hydrogen) atoms. The third kappa shape index (κ3) is 5.80. The van der Waals surface area contributed by atoms with Crippen molar-refractivity contribution in [1.29, 1.82) is 0 Å². The number of hydrogen-bond donors (Lipinski definition) is 1. The van der Waals surface area contributed by atoms with Crippen LogP contribution >= 0.6 is 0 Å². The van der Waals surface area contributed by atoms with E-state index in [2.05, 4.69) is 31.0 Å². The van der Waals surface area contributed by atoms with E-state index in [4.69, 9.17) is 9.47 Å². The third-order valence-corrected chi connectivity index (χ3v) is 8.52. The van der Waals surface area contributed by atoms with Gasteiger partial charge in [-0.1, -0.05) is 62.1 Å². The van der Waals surface area contributed by atoms with E-state index in [0.29, 0.717) is 45.3 Å². The molecule has 1 aliphatic heterocycles. The number of nitrogens with zero attached hydrogens (tertiary/aromatic N) is 1. The van der Waals surface area contributed by atoms with Crippen molar-refractivity contribution >= 4 is 11.9 Å². The Morgan fingerprint density at radius 2 is 1.83 bits per heavy atom. The minimum atomic E-state index is -0.548. The highest BCUT2D eigenvalue weighted by Crippen LogP contribution is 2.51. The standard InChI is InChI=1S/C29H42N2O4/c1-3-23-21-28(2,25(23)13-16-30-22-26(32)31-17-19-34-20-18-31)35-27(33)29(14-9-4-5-10-15-29)24-11-7-6-8-12-24/h3,6-8,11-12,23,25,30H,1,4-5,9-10,13-22H2,2H3/t23?,25?,28-/m0/s1. The highest BCUT2D eigenvalue weighted by Gasteiger charge is 2.54. The average molecular weight is 483 g/mol. The van der Waals surface area contributed by atoms with E-state index < -0.39 is 11.0 Å². The number of nitrogens with one attached hydrogen (secondary N) is 1. The molecule has 1 aromatic rings. The first-order chi connectivity index (χ1) is 17.0. The third-order valence-electron chi connectivity index (χ3n) is 8.52. The molecular formula is C29H42N2O4. The summed E-state index contributed by atoms with van der Waals surface area (Å²) in [6.45, 7) is 9.71. The Morgan fingerprint density at radius 3 is 2.49 bits per heavy atom. The number of ether oxygens (including phenoxy) is 2. The molecule has 6 heteroatoms. The number of carbonyl (C=O) groups is 2. The second kappa shape index (κ2) is 11.7. The topological polar surface area (TPSA) is 67.9 Å². The summed E-state index contributed by atoms with van der Waals surface area (Å²) in [6.07, 6.45) is 9.82. The second-order valence-electron chi connectivity index (χ2n) is 10.7. The van der Waals surface area contributed by atoms with E-state index in [0.717, 1.165) is 44.1 Å². The van der Waals surface area contributed by atoms with Gasteiger partial charge in [0.15, 0.2) is 0 Å². The Bertz CT molecular complexity index is 859. The number of carbonyl (C=O) groups excluding carboxylic acids is 2. The number of morpholine rings is 1. The summed E-state index contributed by atoms with van der Waals surface area (Å²) in [5.41, 5.74) is 0.0443. The van der Waals surface area contributed by atoms with Crippen molar-refractivity contribution in [3.63, 3.8) is 0 Å². The van der Waals surface area contributed by atoms with Crippen LogP contribution in [0.2, 0.25) is 0 Å². The highest BCUT2D eigenvalue weighted by atomic mass is 16.6. The van der Waals surface area contributed by atoms with Crippen molar-refractivity contribution in [1.82, 2.24) is 10.2 Å². The zero-order valence-electron chi connectivity index (χ0n) is 21.3. The fraction of sp³-hybridized carbons (Fsp3) is 0.655. The summed E-state index contributed by atoms with van der Waals surface area (Å²) in [6, 6.07) is 10.2. The number of rotatable bonds is 9. The molecule has 2 aliphatic carbocycles. The molecule has 3 aliphatic rings. The molecular weight excluding hydrogens is 440 g/mol. The molecule has 0 spiro atoms. The van der Waals surface area contributed by atoms with Crippen LogP contribution in [0.15, 0.2) is 43.0 Å².